The fraction of sp³-hybridized carbons (Fsp3) is 0.0588. The summed E-state index contributed by atoms with van der Waals surface area (Å²) in [5, 5.41) is 9.83. The number of hydrogen-bond donors (Lipinski definition) is 2. The van der Waals surface area contributed by atoms with E-state index in [1.54, 1.807) is 42.5 Å². The minimum absolute atomic E-state index is 0.00235. The van der Waals surface area contributed by atoms with Crippen LogP contribution in [0.1, 0.15) is 15.9 Å². The standard InChI is InChI=1S/C17H14N2O3/c18-17(21)13-7-12-3-6-15(8-16(12)19-9-13)22-14-4-1-11(10-20)2-5-14/h1-9,20H,10H2,(H2,18,21). The van der Waals surface area contributed by atoms with E-state index in [9.17, 15) is 4.79 Å². The molecule has 3 N–H and O–H groups in total. The molecule has 22 heavy (non-hydrogen) atoms. The second-order valence-corrected chi connectivity index (χ2v) is 4.85. The van der Waals surface area contributed by atoms with Crippen molar-refractivity contribution >= 4 is 16.8 Å². The Morgan fingerprint density at radius 2 is 1.82 bits per heavy atom. The molecule has 3 rings (SSSR count). The number of carbonyl (C=O) groups is 1. The average molecular weight is 294 g/mol. The molecule has 0 bridgehead atoms. The Balaban J connectivity index is 1.88. The van der Waals surface area contributed by atoms with Crippen molar-refractivity contribution < 1.29 is 14.6 Å². The zero-order chi connectivity index (χ0) is 15.5. The lowest BCUT2D eigenvalue weighted by molar-refractivity contribution is 0.1000. The van der Waals surface area contributed by atoms with E-state index in [4.69, 9.17) is 15.6 Å². The number of aromatic nitrogens is 1. The van der Waals surface area contributed by atoms with Crippen LogP contribution in [0, 0.1) is 0 Å². The molecule has 110 valence electrons. The maximum atomic E-state index is 11.1. The normalized spacial score (nSPS) is 10.6. The lowest BCUT2D eigenvalue weighted by atomic mass is 10.1. The van der Waals surface area contributed by atoms with Gasteiger partial charge >= 0.3 is 0 Å². The van der Waals surface area contributed by atoms with E-state index in [0.29, 0.717) is 17.1 Å². The van der Waals surface area contributed by atoms with Crippen molar-refractivity contribution in [3.05, 3.63) is 65.9 Å². The van der Waals surface area contributed by atoms with E-state index in [1.807, 2.05) is 6.07 Å². The van der Waals surface area contributed by atoms with E-state index < -0.39 is 5.91 Å². The van der Waals surface area contributed by atoms with Gasteiger partial charge in [0.05, 0.1) is 17.7 Å². The van der Waals surface area contributed by atoms with Gasteiger partial charge in [-0.05, 0) is 35.9 Å². The van der Waals surface area contributed by atoms with Gasteiger partial charge in [0.25, 0.3) is 0 Å². The Kier molecular flexibility index (Phi) is 3.72. The van der Waals surface area contributed by atoms with Crippen LogP contribution in [0.15, 0.2) is 54.7 Å². The van der Waals surface area contributed by atoms with Gasteiger partial charge in [-0.15, -0.1) is 0 Å². The van der Waals surface area contributed by atoms with Crippen LogP contribution in [0.3, 0.4) is 0 Å². The molecule has 0 fully saturated rings. The highest BCUT2D eigenvalue weighted by molar-refractivity contribution is 5.96. The van der Waals surface area contributed by atoms with Gasteiger partial charge < -0.3 is 15.6 Å². The Morgan fingerprint density at radius 3 is 2.50 bits per heavy atom. The molecule has 5 nitrogen and oxygen atoms in total. The van der Waals surface area contributed by atoms with Crippen LogP contribution >= 0.6 is 0 Å². The first-order valence-electron chi connectivity index (χ1n) is 6.73. The first kappa shape index (κ1) is 14.0. The van der Waals surface area contributed by atoms with Gasteiger partial charge in [-0.3, -0.25) is 9.78 Å². The lowest BCUT2D eigenvalue weighted by Gasteiger charge is -2.07. The van der Waals surface area contributed by atoms with Crippen LogP contribution in [0.25, 0.3) is 10.9 Å². The molecule has 5 heteroatoms. The molecule has 0 saturated carbocycles. The third kappa shape index (κ3) is 2.89. The molecule has 1 amide bonds. The highest BCUT2D eigenvalue weighted by atomic mass is 16.5. The SMILES string of the molecule is NC(=O)c1cnc2cc(Oc3ccc(CO)cc3)ccc2c1. The molecule has 1 heterocycles. The molecule has 1 aromatic heterocycles. The Hall–Kier alpha value is -2.92. The Morgan fingerprint density at radius 1 is 1.09 bits per heavy atom. The molecule has 0 aliphatic carbocycles. The molecule has 0 aliphatic rings. The average Bonchev–Trinajstić information content (AvgIpc) is 2.55. The van der Waals surface area contributed by atoms with Crippen LogP contribution in [0.4, 0.5) is 0 Å². The van der Waals surface area contributed by atoms with E-state index in [-0.39, 0.29) is 6.61 Å². The van der Waals surface area contributed by atoms with Crippen molar-refractivity contribution in [1.29, 1.82) is 0 Å². The van der Waals surface area contributed by atoms with Gasteiger partial charge in [0, 0.05) is 17.6 Å². The quantitative estimate of drug-likeness (QED) is 0.774. The molecule has 0 saturated heterocycles. The molecule has 0 spiro atoms. The van der Waals surface area contributed by atoms with E-state index >= 15 is 0 Å². The number of pyridine rings is 1. The number of nitrogens with two attached hydrogens (primary N) is 1. The van der Waals surface area contributed by atoms with Gasteiger partial charge in [-0.25, -0.2) is 0 Å². The number of amides is 1. The molecule has 0 radical (unpaired) electrons. The topological polar surface area (TPSA) is 85.4 Å². The van der Waals surface area contributed by atoms with Gasteiger partial charge in [-0.1, -0.05) is 12.1 Å². The zero-order valence-electron chi connectivity index (χ0n) is 11.7. The number of aliphatic hydroxyl groups is 1. The summed E-state index contributed by atoms with van der Waals surface area (Å²) in [6.45, 7) is 0.00235. The third-order valence-electron chi connectivity index (χ3n) is 3.28. The summed E-state index contributed by atoms with van der Waals surface area (Å²) in [7, 11) is 0. The fourth-order valence-corrected chi connectivity index (χ4v) is 2.10. The molecular formula is C17H14N2O3. The van der Waals surface area contributed by atoms with Crippen LogP contribution in [-0.4, -0.2) is 16.0 Å². The molecule has 3 aromatic rings. The fourth-order valence-electron chi connectivity index (χ4n) is 2.10. The second kappa shape index (κ2) is 5.83. The third-order valence-corrected chi connectivity index (χ3v) is 3.28. The molecule has 0 atom stereocenters. The van der Waals surface area contributed by atoms with Crippen LogP contribution in [0.5, 0.6) is 11.5 Å². The number of hydrogen-bond acceptors (Lipinski definition) is 4. The molecular weight excluding hydrogens is 280 g/mol. The van der Waals surface area contributed by atoms with E-state index in [2.05, 4.69) is 4.98 Å². The van der Waals surface area contributed by atoms with E-state index in [1.165, 1.54) is 6.20 Å². The van der Waals surface area contributed by atoms with Gasteiger partial charge in [0.1, 0.15) is 11.5 Å². The van der Waals surface area contributed by atoms with Crippen LogP contribution in [-0.2, 0) is 6.61 Å². The number of fused-ring (bicyclic) bond motifs is 1. The van der Waals surface area contributed by atoms with Crippen molar-refractivity contribution in [2.75, 3.05) is 0 Å². The van der Waals surface area contributed by atoms with Crippen molar-refractivity contribution in [1.82, 2.24) is 4.98 Å². The molecule has 0 unspecified atom stereocenters. The number of carbonyl (C=O) groups excluding carboxylic acids is 1. The van der Waals surface area contributed by atoms with Crippen molar-refractivity contribution in [3.8, 4) is 11.5 Å². The van der Waals surface area contributed by atoms with Gasteiger partial charge in [-0.2, -0.15) is 0 Å². The maximum absolute atomic E-state index is 11.1. The summed E-state index contributed by atoms with van der Waals surface area (Å²) < 4.78 is 5.75. The highest BCUT2D eigenvalue weighted by Gasteiger charge is 2.05. The smallest absolute Gasteiger partial charge is 0.250 e. The molecule has 2 aromatic carbocycles. The minimum Gasteiger partial charge on any atom is -0.457 e. The Labute approximate surface area is 127 Å². The van der Waals surface area contributed by atoms with Crippen molar-refractivity contribution in [2.45, 2.75) is 6.61 Å². The highest BCUT2D eigenvalue weighted by Crippen LogP contribution is 2.25. The zero-order valence-corrected chi connectivity index (χ0v) is 11.7. The van der Waals surface area contributed by atoms with Crippen LogP contribution in [0.2, 0.25) is 0 Å². The monoisotopic (exact) mass is 294 g/mol. The van der Waals surface area contributed by atoms with Crippen molar-refractivity contribution in [3.63, 3.8) is 0 Å². The maximum Gasteiger partial charge on any atom is 0.250 e. The number of ether oxygens (including phenoxy) is 1. The first-order valence-corrected chi connectivity index (χ1v) is 6.73. The second-order valence-electron chi connectivity index (χ2n) is 4.85. The summed E-state index contributed by atoms with van der Waals surface area (Å²) in [6, 6.07) is 14.3. The van der Waals surface area contributed by atoms with Gasteiger partial charge in [0.2, 0.25) is 5.91 Å². The summed E-state index contributed by atoms with van der Waals surface area (Å²) in [6.07, 6.45) is 1.45. The number of aliphatic hydroxyl groups excluding tert-OH is 1. The summed E-state index contributed by atoms with van der Waals surface area (Å²) >= 11 is 0. The van der Waals surface area contributed by atoms with Crippen LogP contribution < -0.4 is 10.5 Å². The lowest BCUT2D eigenvalue weighted by Crippen LogP contribution is -2.10. The van der Waals surface area contributed by atoms with E-state index in [0.717, 1.165) is 16.5 Å². The van der Waals surface area contributed by atoms with Gasteiger partial charge in [0.15, 0.2) is 0 Å². The predicted molar refractivity (Wildman–Crippen MR) is 82.7 cm³/mol. The number of primary amides is 1. The van der Waals surface area contributed by atoms with Crippen molar-refractivity contribution in [2.24, 2.45) is 5.73 Å². The molecule has 0 aliphatic heterocycles. The summed E-state index contributed by atoms with van der Waals surface area (Å²) in [5.74, 6) is 0.813. The largest absolute Gasteiger partial charge is 0.457 e. The number of nitrogens with zero attached hydrogens (tertiary/aromatic N) is 1. The predicted octanol–water partition coefficient (Wildman–Crippen LogP) is 2.62. The number of benzene rings is 2. The summed E-state index contributed by atoms with van der Waals surface area (Å²) in [4.78, 5) is 15.4. The minimum atomic E-state index is -0.501. The summed E-state index contributed by atoms with van der Waals surface area (Å²) in [5.41, 5.74) is 7.16. The number of rotatable bonds is 4. The first-order chi connectivity index (χ1) is 10.7. The Bertz CT molecular complexity index is 829.